The summed E-state index contributed by atoms with van der Waals surface area (Å²) in [5.41, 5.74) is -0.124. The molecule has 0 unspecified atom stereocenters. The highest BCUT2D eigenvalue weighted by molar-refractivity contribution is 6.31. The summed E-state index contributed by atoms with van der Waals surface area (Å²) in [6, 6.07) is 0. The first-order valence-corrected chi connectivity index (χ1v) is 7.44. The zero-order chi connectivity index (χ0) is 16.1. The fraction of sp³-hybridized carbons (Fsp3) is 0.692. The second-order valence-electron chi connectivity index (χ2n) is 5.05. The zero-order valence-corrected chi connectivity index (χ0v) is 13.1. The summed E-state index contributed by atoms with van der Waals surface area (Å²) < 4.78 is 31.8. The molecule has 1 N–H and O–H groups in total. The summed E-state index contributed by atoms with van der Waals surface area (Å²) >= 11 is 5.78. The molecule has 6 nitrogen and oxygen atoms in total. The van der Waals surface area contributed by atoms with Crippen LogP contribution in [0.1, 0.15) is 17.8 Å². The minimum absolute atomic E-state index is 0.0869. The number of nitrogens with one attached hydrogen (secondary N) is 1. The summed E-state index contributed by atoms with van der Waals surface area (Å²) in [6.07, 6.45) is -2.75. The van der Waals surface area contributed by atoms with Gasteiger partial charge in [-0.3, -0.25) is 14.4 Å². The van der Waals surface area contributed by atoms with Gasteiger partial charge < -0.3 is 10.1 Å². The van der Waals surface area contributed by atoms with Gasteiger partial charge in [-0.2, -0.15) is 5.10 Å². The first-order chi connectivity index (χ1) is 10.5. The zero-order valence-electron chi connectivity index (χ0n) is 12.3. The van der Waals surface area contributed by atoms with Crippen LogP contribution < -0.4 is 5.32 Å². The average Bonchev–Trinajstić information content (AvgIpc) is 2.77. The molecule has 9 heteroatoms. The summed E-state index contributed by atoms with van der Waals surface area (Å²) in [5, 5.41) is 6.36. The third-order valence-corrected chi connectivity index (χ3v) is 3.98. The lowest BCUT2D eigenvalue weighted by Gasteiger charge is -2.26. The van der Waals surface area contributed by atoms with Crippen molar-refractivity contribution < 1.29 is 18.3 Å². The third kappa shape index (κ3) is 4.37. The molecule has 0 aliphatic carbocycles. The molecule has 0 atom stereocenters. The van der Waals surface area contributed by atoms with Crippen molar-refractivity contribution in [2.75, 3.05) is 39.4 Å². The summed E-state index contributed by atoms with van der Waals surface area (Å²) in [4.78, 5) is 14.0. The molecule has 22 heavy (non-hydrogen) atoms. The number of hydrogen-bond acceptors (Lipinski definition) is 4. The number of hydrogen-bond donors (Lipinski definition) is 1. The van der Waals surface area contributed by atoms with Crippen molar-refractivity contribution in [2.24, 2.45) is 0 Å². The van der Waals surface area contributed by atoms with E-state index in [0.29, 0.717) is 25.5 Å². The molecule has 1 aliphatic heterocycles. The van der Waals surface area contributed by atoms with Crippen LogP contribution in [0.4, 0.5) is 8.78 Å². The maximum atomic E-state index is 12.7. The molecule has 0 radical (unpaired) electrons. The number of amides is 1. The highest BCUT2D eigenvalue weighted by Gasteiger charge is 2.21. The Balaban J connectivity index is 1.80. The monoisotopic (exact) mass is 336 g/mol. The van der Waals surface area contributed by atoms with Crippen molar-refractivity contribution in [1.29, 1.82) is 0 Å². The van der Waals surface area contributed by atoms with Crippen molar-refractivity contribution in [3.8, 4) is 0 Å². The van der Waals surface area contributed by atoms with Gasteiger partial charge in [0.2, 0.25) is 5.91 Å². The molecule has 0 spiro atoms. The minimum atomic E-state index is -2.75. The first kappa shape index (κ1) is 17.1. The Bertz CT molecular complexity index is 518. The topological polar surface area (TPSA) is 59.4 Å². The fourth-order valence-electron chi connectivity index (χ4n) is 2.21. The molecular formula is C13H19ClF2N4O2. The predicted octanol–water partition coefficient (Wildman–Crippen LogP) is 1.23. The standard InChI is InChI=1S/C13H19ClF2N4O2/c1-9-11(14)12(13(15)16)18-20(9)8-10(21)17-2-3-19-4-6-22-7-5-19/h13H,2-8H2,1H3,(H,17,21). The molecule has 1 aromatic heterocycles. The van der Waals surface area contributed by atoms with E-state index in [-0.39, 0.29) is 17.5 Å². The van der Waals surface area contributed by atoms with Crippen LogP contribution in [0.2, 0.25) is 5.02 Å². The lowest BCUT2D eigenvalue weighted by atomic mass is 10.4. The van der Waals surface area contributed by atoms with Crippen LogP contribution >= 0.6 is 11.6 Å². The van der Waals surface area contributed by atoms with Crippen LogP contribution in [0.5, 0.6) is 0 Å². The van der Waals surface area contributed by atoms with Gasteiger partial charge in [0, 0.05) is 26.2 Å². The number of carbonyl (C=O) groups is 1. The number of ether oxygens (including phenoxy) is 1. The molecule has 1 aromatic rings. The van der Waals surface area contributed by atoms with Crippen molar-refractivity contribution in [3.63, 3.8) is 0 Å². The normalized spacial score (nSPS) is 16.2. The average molecular weight is 337 g/mol. The second kappa shape index (κ2) is 7.85. The number of morpholine rings is 1. The maximum Gasteiger partial charge on any atom is 0.283 e. The Morgan fingerprint density at radius 2 is 2.14 bits per heavy atom. The van der Waals surface area contributed by atoms with Crippen LogP contribution in [0, 0.1) is 6.92 Å². The molecule has 1 fully saturated rings. The summed E-state index contributed by atoms with van der Waals surface area (Å²) in [5.74, 6) is -0.281. The second-order valence-corrected chi connectivity index (χ2v) is 5.42. The molecule has 1 amide bonds. The molecule has 0 aromatic carbocycles. The van der Waals surface area contributed by atoms with Gasteiger partial charge in [0.15, 0.2) is 0 Å². The van der Waals surface area contributed by atoms with Crippen LogP contribution in [0.3, 0.4) is 0 Å². The highest BCUT2D eigenvalue weighted by atomic mass is 35.5. The molecule has 0 saturated carbocycles. The van der Waals surface area contributed by atoms with Gasteiger partial charge in [-0.15, -0.1) is 0 Å². The smallest absolute Gasteiger partial charge is 0.283 e. The number of carbonyl (C=O) groups excluding carboxylic acids is 1. The number of rotatable bonds is 6. The van der Waals surface area contributed by atoms with E-state index < -0.39 is 12.1 Å². The highest BCUT2D eigenvalue weighted by Crippen LogP contribution is 2.28. The lowest BCUT2D eigenvalue weighted by molar-refractivity contribution is -0.122. The third-order valence-electron chi connectivity index (χ3n) is 3.51. The molecule has 2 heterocycles. The number of nitrogens with zero attached hydrogens (tertiary/aromatic N) is 3. The summed E-state index contributed by atoms with van der Waals surface area (Å²) in [6.45, 7) is 5.77. The predicted molar refractivity (Wildman–Crippen MR) is 77.2 cm³/mol. The van der Waals surface area contributed by atoms with E-state index in [9.17, 15) is 13.6 Å². The Hall–Kier alpha value is -1.25. The molecule has 0 bridgehead atoms. The van der Waals surface area contributed by atoms with Gasteiger partial charge in [0.05, 0.1) is 23.9 Å². The van der Waals surface area contributed by atoms with Crippen LogP contribution in [0.25, 0.3) is 0 Å². The van der Waals surface area contributed by atoms with E-state index >= 15 is 0 Å². The SMILES string of the molecule is Cc1c(Cl)c(C(F)F)nn1CC(=O)NCCN1CCOCC1. The van der Waals surface area contributed by atoms with E-state index in [1.807, 2.05) is 0 Å². The van der Waals surface area contributed by atoms with Crippen molar-refractivity contribution >= 4 is 17.5 Å². The maximum absolute atomic E-state index is 12.7. The number of halogens is 3. The fourth-order valence-corrected chi connectivity index (χ4v) is 2.43. The van der Waals surface area contributed by atoms with Crippen LogP contribution in [0.15, 0.2) is 0 Å². The molecule has 1 aliphatic rings. The van der Waals surface area contributed by atoms with Gasteiger partial charge in [0.1, 0.15) is 12.2 Å². The Kier molecular flexibility index (Phi) is 6.10. The molecule has 124 valence electrons. The minimum Gasteiger partial charge on any atom is -0.379 e. The van der Waals surface area contributed by atoms with Gasteiger partial charge >= 0.3 is 0 Å². The number of alkyl halides is 2. The van der Waals surface area contributed by atoms with Gasteiger partial charge in [-0.25, -0.2) is 8.78 Å². The van der Waals surface area contributed by atoms with Gasteiger partial charge in [0.25, 0.3) is 6.43 Å². The van der Waals surface area contributed by atoms with Crippen LogP contribution in [-0.4, -0.2) is 60.0 Å². The molecular weight excluding hydrogens is 318 g/mol. The largest absolute Gasteiger partial charge is 0.379 e. The summed E-state index contributed by atoms with van der Waals surface area (Å²) in [7, 11) is 0. The van der Waals surface area contributed by atoms with Crippen molar-refractivity contribution in [1.82, 2.24) is 20.0 Å². The Morgan fingerprint density at radius 3 is 2.73 bits per heavy atom. The van der Waals surface area contributed by atoms with Gasteiger partial charge in [-0.05, 0) is 6.92 Å². The van der Waals surface area contributed by atoms with Gasteiger partial charge in [-0.1, -0.05) is 11.6 Å². The van der Waals surface area contributed by atoms with Crippen LogP contribution in [-0.2, 0) is 16.1 Å². The van der Waals surface area contributed by atoms with E-state index in [0.717, 1.165) is 19.6 Å². The van der Waals surface area contributed by atoms with E-state index in [2.05, 4.69) is 15.3 Å². The van der Waals surface area contributed by atoms with E-state index in [1.54, 1.807) is 6.92 Å². The first-order valence-electron chi connectivity index (χ1n) is 7.06. The number of aromatic nitrogens is 2. The van der Waals surface area contributed by atoms with Crippen molar-refractivity contribution in [3.05, 3.63) is 16.4 Å². The molecule has 1 saturated heterocycles. The van der Waals surface area contributed by atoms with Crippen molar-refractivity contribution in [2.45, 2.75) is 19.9 Å². The molecule has 2 rings (SSSR count). The van der Waals surface area contributed by atoms with E-state index in [4.69, 9.17) is 16.3 Å². The quantitative estimate of drug-likeness (QED) is 0.849. The Morgan fingerprint density at radius 1 is 1.45 bits per heavy atom. The Labute approximate surface area is 132 Å². The lowest BCUT2D eigenvalue weighted by Crippen LogP contribution is -2.41. The van der Waals surface area contributed by atoms with E-state index in [1.165, 1.54) is 4.68 Å².